The average Bonchev–Trinajstić information content (AvgIpc) is 2.79. The number of aryl methyl sites for hydroxylation is 2. The number of nitrogens with zero attached hydrogens (tertiary/aromatic N) is 1. The molecule has 0 aliphatic rings. The van der Waals surface area contributed by atoms with Crippen molar-refractivity contribution in [1.29, 1.82) is 0 Å². The molecule has 0 radical (unpaired) electrons. The van der Waals surface area contributed by atoms with Crippen molar-refractivity contribution < 1.29 is 4.74 Å². The van der Waals surface area contributed by atoms with Crippen molar-refractivity contribution in [1.82, 2.24) is 9.88 Å². The summed E-state index contributed by atoms with van der Waals surface area (Å²) in [4.78, 5) is 13.2. The van der Waals surface area contributed by atoms with E-state index in [1.165, 1.54) is 5.56 Å². The van der Waals surface area contributed by atoms with E-state index in [1.54, 1.807) is 11.7 Å². The number of rotatable bonds is 6. The smallest absolute Gasteiger partial charge is 0.258 e. The standard InChI is InChI=1S/C27H28N2O2/c1-18-14-22-23(15-19(18)2)27(30)29(3)24(26(22)20-10-6-5-7-11-20)17-28-16-21-12-8-9-13-25(21)31-4/h5-15,28H,16-17H2,1-4H3. The second kappa shape index (κ2) is 8.78. The fourth-order valence-corrected chi connectivity index (χ4v) is 4.12. The maximum Gasteiger partial charge on any atom is 0.258 e. The Balaban J connectivity index is 1.83. The highest BCUT2D eigenvalue weighted by atomic mass is 16.5. The number of para-hydroxylation sites is 1. The van der Waals surface area contributed by atoms with E-state index in [0.29, 0.717) is 13.1 Å². The average molecular weight is 413 g/mol. The van der Waals surface area contributed by atoms with Gasteiger partial charge >= 0.3 is 0 Å². The minimum atomic E-state index is 0.0341. The van der Waals surface area contributed by atoms with Crippen LogP contribution in [-0.2, 0) is 20.1 Å². The highest BCUT2D eigenvalue weighted by Crippen LogP contribution is 2.32. The second-order valence-corrected chi connectivity index (χ2v) is 7.95. The molecule has 0 aliphatic heterocycles. The van der Waals surface area contributed by atoms with Crippen LogP contribution in [0, 0.1) is 13.8 Å². The lowest BCUT2D eigenvalue weighted by Crippen LogP contribution is -2.26. The monoisotopic (exact) mass is 412 g/mol. The van der Waals surface area contributed by atoms with Crippen LogP contribution < -0.4 is 15.6 Å². The van der Waals surface area contributed by atoms with Gasteiger partial charge in [-0.2, -0.15) is 0 Å². The molecular formula is C27H28N2O2. The van der Waals surface area contributed by atoms with Crippen LogP contribution in [-0.4, -0.2) is 11.7 Å². The summed E-state index contributed by atoms with van der Waals surface area (Å²) in [5.41, 5.74) is 6.63. The first-order valence-electron chi connectivity index (χ1n) is 10.5. The second-order valence-electron chi connectivity index (χ2n) is 7.95. The van der Waals surface area contributed by atoms with Gasteiger partial charge in [0.1, 0.15) is 5.75 Å². The lowest BCUT2D eigenvalue weighted by atomic mass is 9.94. The molecule has 0 saturated heterocycles. The van der Waals surface area contributed by atoms with Gasteiger partial charge in [0.25, 0.3) is 5.56 Å². The number of nitrogens with one attached hydrogen (secondary N) is 1. The quantitative estimate of drug-likeness (QED) is 0.478. The fourth-order valence-electron chi connectivity index (χ4n) is 4.12. The molecule has 0 bridgehead atoms. The van der Waals surface area contributed by atoms with Gasteiger partial charge in [0.05, 0.1) is 7.11 Å². The first kappa shape index (κ1) is 20.9. The van der Waals surface area contributed by atoms with Gasteiger partial charge in [-0.15, -0.1) is 0 Å². The Kier molecular flexibility index (Phi) is 5.92. The summed E-state index contributed by atoms with van der Waals surface area (Å²) in [6, 6.07) is 22.5. The molecule has 4 heteroatoms. The number of fused-ring (bicyclic) bond motifs is 1. The first-order valence-corrected chi connectivity index (χ1v) is 10.5. The van der Waals surface area contributed by atoms with E-state index in [1.807, 2.05) is 49.5 Å². The summed E-state index contributed by atoms with van der Waals surface area (Å²) in [5.74, 6) is 0.858. The number of benzene rings is 3. The van der Waals surface area contributed by atoms with Gasteiger partial charge in [-0.05, 0) is 48.1 Å². The predicted octanol–water partition coefficient (Wildman–Crippen LogP) is 5.12. The maximum absolute atomic E-state index is 13.2. The van der Waals surface area contributed by atoms with E-state index in [0.717, 1.165) is 44.5 Å². The number of methoxy groups -OCH3 is 1. The normalized spacial score (nSPS) is 11.1. The van der Waals surface area contributed by atoms with Gasteiger partial charge < -0.3 is 14.6 Å². The molecule has 3 aromatic carbocycles. The van der Waals surface area contributed by atoms with Crippen molar-refractivity contribution >= 4 is 10.8 Å². The molecule has 0 atom stereocenters. The van der Waals surface area contributed by atoms with E-state index < -0.39 is 0 Å². The summed E-state index contributed by atoms with van der Waals surface area (Å²) in [7, 11) is 3.55. The zero-order valence-electron chi connectivity index (χ0n) is 18.5. The predicted molar refractivity (Wildman–Crippen MR) is 128 cm³/mol. The van der Waals surface area contributed by atoms with Crippen LogP contribution >= 0.6 is 0 Å². The van der Waals surface area contributed by atoms with E-state index in [-0.39, 0.29) is 5.56 Å². The Labute approximate surface area is 183 Å². The van der Waals surface area contributed by atoms with Crippen molar-refractivity contribution in [3.8, 4) is 16.9 Å². The highest BCUT2D eigenvalue weighted by molar-refractivity contribution is 5.98. The summed E-state index contributed by atoms with van der Waals surface area (Å²) in [5, 5.41) is 5.29. The Bertz CT molecular complexity index is 1290. The van der Waals surface area contributed by atoms with Crippen LogP contribution in [0.5, 0.6) is 5.75 Å². The Morgan fingerprint density at radius 3 is 2.23 bits per heavy atom. The molecule has 4 rings (SSSR count). The first-order chi connectivity index (χ1) is 15.0. The van der Waals surface area contributed by atoms with Crippen molar-refractivity contribution in [3.05, 3.63) is 99.5 Å². The maximum atomic E-state index is 13.2. The largest absolute Gasteiger partial charge is 0.496 e. The van der Waals surface area contributed by atoms with Crippen LogP contribution in [0.3, 0.4) is 0 Å². The molecular weight excluding hydrogens is 384 g/mol. The molecule has 4 aromatic rings. The van der Waals surface area contributed by atoms with Gasteiger partial charge in [0.15, 0.2) is 0 Å². The van der Waals surface area contributed by atoms with Crippen LogP contribution in [0.4, 0.5) is 0 Å². The van der Waals surface area contributed by atoms with Gasteiger partial charge in [-0.25, -0.2) is 0 Å². The Morgan fingerprint density at radius 1 is 0.871 bits per heavy atom. The lowest BCUT2D eigenvalue weighted by Gasteiger charge is -2.19. The molecule has 31 heavy (non-hydrogen) atoms. The minimum absolute atomic E-state index is 0.0341. The third-order valence-corrected chi connectivity index (χ3v) is 5.99. The molecule has 4 nitrogen and oxygen atoms in total. The Morgan fingerprint density at radius 2 is 1.52 bits per heavy atom. The topological polar surface area (TPSA) is 43.3 Å². The molecule has 0 aliphatic carbocycles. The number of hydrogen-bond acceptors (Lipinski definition) is 3. The minimum Gasteiger partial charge on any atom is -0.496 e. The van der Waals surface area contributed by atoms with E-state index in [4.69, 9.17) is 4.74 Å². The third kappa shape index (κ3) is 3.99. The lowest BCUT2D eigenvalue weighted by molar-refractivity contribution is 0.407. The van der Waals surface area contributed by atoms with Gasteiger partial charge in [-0.3, -0.25) is 4.79 Å². The summed E-state index contributed by atoms with van der Waals surface area (Å²) >= 11 is 0. The van der Waals surface area contributed by atoms with E-state index in [9.17, 15) is 4.79 Å². The van der Waals surface area contributed by atoms with Gasteiger partial charge in [-0.1, -0.05) is 54.6 Å². The molecule has 0 unspecified atom stereocenters. The van der Waals surface area contributed by atoms with E-state index >= 15 is 0 Å². The zero-order valence-corrected chi connectivity index (χ0v) is 18.5. The number of aromatic nitrogens is 1. The van der Waals surface area contributed by atoms with Crippen LogP contribution in [0.15, 0.2) is 71.5 Å². The van der Waals surface area contributed by atoms with Crippen LogP contribution in [0.25, 0.3) is 21.9 Å². The van der Waals surface area contributed by atoms with E-state index in [2.05, 4.69) is 43.4 Å². The highest BCUT2D eigenvalue weighted by Gasteiger charge is 2.17. The molecule has 0 amide bonds. The molecule has 1 heterocycles. The van der Waals surface area contributed by atoms with Gasteiger partial charge in [0.2, 0.25) is 0 Å². The third-order valence-electron chi connectivity index (χ3n) is 5.99. The molecule has 1 aromatic heterocycles. The molecule has 0 saturated carbocycles. The molecule has 158 valence electrons. The summed E-state index contributed by atoms with van der Waals surface area (Å²) in [6.45, 7) is 5.37. The van der Waals surface area contributed by atoms with Crippen LogP contribution in [0.2, 0.25) is 0 Å². The molecule has 0 fully saturated rings. The van der Waals surface area contributed by atoms with Crippen molar-refractivity contribution in [2.45, 2.75) is 26.9 Å². The van der Waals surface area contributed by atoms with Crippen molar-refractivity contribution in [3.63, 3.8) is 0 Å². The number of pyridine rings is 1. The SMILES string of the molecule is COc1ccccc1CNCc1c(-c2ccccc2)c2cc(C)c(C)cc2c(=O)n1C. The Hall–Kier alpha value is -3.37. The molecule has 0 spiro atoms. The summed E-state index contributed by atoms with van der Waals surface area (Å²) in [6.07, 6.45) is 0. The summed E-state index contributed by atoms with van der Waals surface area (Å²) < 4.78 is 7.26. The zero-order chi connectivity index (χ0) is 22.0. The number of ether oxygens (including phenoxy) is 1. The van der Waals surface area contributed by atoms with Crippen molar-refractivity contribution in [2.24, 2.45) is 7.05 Å². The fraction of sp³-hybridized carbons (Fsp3) is 0.222. The van der Waals surface area contributed by atoms with Crippen molar-refractivity contribution in [2.75, 3.05) is 7.11 Å². The molecule has 1 N–H and O–H groups in total. The van der Waals surface area contributed by atoms with Crippen LogP contribution in [0.1, 0.15) is 22.4 Å². The number of hydrogen-bond donors (Lipinski definition) is 1. The van der Waals surface area contributed by atoms with Gasteiger partial charge in [0, 0.05) is 42.3 Å².